The third-order valence-corrected chi connectivity index (χ3v) is 5.87. The number of rotatable bonds is 4. The van der Waals surface area contributed by atoms with Crippen LogP contribution in [-0.2, 0) is 11.2 Å². The van der Waals surface area contributed by atoms with Gasteiger partial charge in [0.2, 0.25) is 0 Å². The molecule has 1 amide bonds. The fraction of sp³-hybridized carbons (Fsp3) is 0.167. The number of phenolic OH excluding ortho intramolecular Hbond substituents is 1. The van der Waals surface area contributed by atoms with Crippen LogP contribution in [-0.4, -0.2) is 29.8 Å². The molecule has 1 heterocycles. The van der Waals surface area contributed by atoms with Crippen LogP contribution < -0.4 is 4.90 Å². The van der Waals surface area contributed by atoms with Gasteiger partial charge in [0.15, 0.2) is 0 Å². The molecule has 152 valence electrons. The summed E-state index contributed by atoms with van der Waals surface area (Å²) in [5, 5.41) is 10.9. The number of carbonyl (C=O) groups is 1. The Kier molecular flexibility index (Phi) is 5.80. The van der Waals surface area contributed by atoms with Crippen LogP contribution in [0, 0.1) is 0 Å². The molecule has 3 aromatic rings. The van der Waals surface area contributed by atoms with Gasteiger partial charge in [0.1, 0.15) is 11.8 Å². The fourth-order valence-electron chi connectivity index (χ4n) is 3.64. The number of carbonyl (C=O) groups excluding carboxylic acids is 1. The van der Waals surface area contributed by atoms with Gasteiger partial charge in [-0.05, 0) is 66.9 Å². The molecular weight excluding hydrogens is 419 g/mol. The second kappa shape index (κ2) is 8.50. The fourth-order valence-corrected chi connectivity index (χ4v) is 4.05. The van der Waals surface area contributed by atoms with E-state index in [1.807, 2.05) is 36.4 Å². The Hall–Kier alpha value is -2.82. The number of halogens is 2. The number of hydrogen-bond acceptors (Lipinski definition) is 3. The number of likely N-dealkylation sites (N-methyl/N-ethyl adjacent to an activating group) is 1. The molecule has 1 atom stereocenters. The van der Waals surface area contributed by atoms with Crippen molar-refractivity contribution in [2.45, 2.75) is 18.9 Å². The minimum atomic E-state index is -0.568. The number of fused-ring (bicyclic) bond motifs is 1. The number of amides is 1. The van der Waals surface area contributed by atoms with Crippen molar-refractivity contribution >= 4 is 40.5 Å². The first kappa shape index (κ1) is 20.5. The van der Waals surface area contributed by atoms with Crippen LogP contribution in [0.4, 0.5) is 5.69 Å². The van der Waals surface area contributed by atoms with E-state index in [0.717, 1.165) is 22.4 Å². The molecule has 0 spiro atoms. The topological polar surface area (TPSA) is 52.9 Å². The number of nitrogens with zero attached hydrogens (tertiary/aromatic N) is 2. The maximum atomic E-state index is 13.2. The number of phenols is 1. The van der Waals surface area contributed by atoms with Gasteiger partial charge >= 0.3 is 0 Å². The molecule has 0 fully saturated rings. The van der Waals surface area contributed by atoms with Gasteiger partial charge in [-0.3, -0.25) is 9.79 Å². The highest BCUT2D eigenvalue weighted by atomic mass is 35.5. The van der Waals surface area contributed by atoms with Gasteiger partial charge in [0.05, 0.1) is 11.4 Å². The zero-order chi connectivity index (χ0) is 21.3. The predicted octanol–water partition coefficient (Wildman–Crippen LogP) is 5.51. The first-order valence-corrected chi connectivity index (χ1v) is 10.4. The summed E-state index contributed by atoms with van der Waals surface area (Å²) in [7, 11) is 1.76. The molecule has 1 N–H and O–H groups in total. The summed E-state index contributed by atoms with van der Waals surface area (Å²) in [6.45, 7) is 0. The quantitative estimate of drug-likeness (QED) is 0.583. The molecule has 0 bridgehead atoms. The lowest BCUT2D eigenvalue weighted by atomic mass is 10.00. The molecule has 30 heavy (non-hydrogen) atoms. The normalized spacial score (nSPS) is 16.1. The van der Waals surface area contributed by atoms with Crippen LogP contribution in [0.15, 0.2) is 71.7 Å². The number of aliphatic imine (C=N–C) groups is 1. The van der Waals surface area contributed by atoms with E-state index >= 15 is 0 Å². The average molecular weight is 439 g/mol. The van der Waals surface area contributed by atoms with Crippen molar-refractivity contribution in [1.82, 2.24) is 0 Å². The second-order valence-corrected chi connectivity index (χ2v) is 8.07. The lowest BCUT2D eigenvalue weighted by Crippen LogP contribution is -2.35. The van der Waals surface area contributed by atoms with Crippen LogP contribution in [0.1, 0.15) is 23.1 Å². The van der Waals surface area contributed by atoms with Crippen molar-refractivity contribution in [3.8, 4) is 5.75 Å². The summed E-state index contributed by atoms with van der Waals surface area (Å²) < 4.78 is 0. The van der Waals surface area contributed by atoms with Crippen LogP contribution in [0.3, 0.4) is 0 Å². The third kappa shape index (κ3) is 4.07. The molecule has 1 unspecified atom stereocenters. The second-order valence-electron chi connectivity index (χ2n) is 7.23. The summed E-state index contributed by atoms with van der Waals surface area (Å²) in [4.78, 5) is 19.8. The smallest absolute Gasteiger partial charge is 0.251 e. The third-order valence-electron chi connectivity index (χ3n) is 5.26. The summed E-state index contributed by atoms with van der Waals surface area (Å²) in [6, 6.07) is 19.3. The lowest BCUT2D eigenvalue weighted by Gasteiger charge is -2.20. The van der Waals surface area contributed by atoms with Crippen molar-refractivity contribution in [1.29, 1.82) is 0 Å². The van der Waals surface area contributed by atoms with Crippen molar-refractivity contribution in [2.24, 2.45) is 4.99 Å². The number of benzene rings is 3. The monoisotopic (exact) mass is 438 g/mol. The SMILES string of the molecule is CN1C(=O)C(CCc2ccccc2Cl)N=C(c2ccc(O)cc2)c2cc(Cl)ccc21. The standard InChI is InChI=1S/C24H20Cl2N2O2/c1-28-22-13-9-17(25)14-19(22)23(16-6-10-18(29)11-7-16)27-21(24(28)30)12-8-15-4-2-3-5-20(15)26/h2-7,9-11,13-14,21,29H,8,12H2,1H3. The van der Waals surface area contributed by atoms with Crippen molar-refractivity contribution in [3.05, 3.63) is 93.5 Å². The minimum absolute atomic E-state index is 0.0839. The van der Waals surface area contributed by atoms with Gasteiger partial charge in [-0.2, -0.15) is 0 Å². The van der Waals surface area contributed by atoms with Gasteiger partial charge in [-0.25, -0.2) is 0 Å². The maximum absolute atomic E-state index is 13.2. The maximum Gasteiger partial charge on any atom is 0.251 e. The zero-order valence-corrected chi connectivity index (χ0v) is 17.9. The predicted molar refractivity (Wildman–Crippen MR) is 122 cm³/mol. The summed E-state index contributed by atoms with van der Waals surface area (Å²) >= 11 is 12.6. The number of benzodiazepines with no additional fused rings is 1. The van der Waals surface area contributed by atoms with Crippen molar-refractivity contribution < 1.29 is 9.90 Å². The van der Waals surface area contributed by atoms with Gasteiger partial charge in [-0.15, -0.1) is 0 Å². The van der Waals surface area contributed by atoms with E-state index in [1.165, 1.54) is 0 Å². The summed E-state index contributed by atoms with van der Waals surface area (Å²) in [6.07, 6.45) is 1.16. The first-order chi connectivity index (χ1) is 14.4. The average Bonchev–Trinajstić information content (AvgIpc) is 2.84. The number of hydrogen-bond donors (Lipinski definition) is 1. The van der Waals surface area contributed by atoms with Gasteiger partial charge in [0.25, 0.3) is 5.91 Å². The van der Waals surface area contributed by atoms with Gasteiger partial charge in [-0.1, -0.05) is 41.4 Å². The molecule has 0 aliphatic carbocycles. The highest BCUT2D eigenvalue weighted by Crippen LogP contribution is 2.31. The van der Waals surface area contributed by atoms with E-state index in [2.05, 4.69) is 0 Å². The summed E-state index contributed by atoms with van der Waals surface area (Å²) in [5.41, 5.74) is 4.00. The Bertz CT molecular complexity index is 1130. The Morgan fingerprint density at radius 3 is 2.50 bits per heavy atom. The van der Waals surface area contributed by atoms with Crippen LogP contribution >= 0.6 is 23.2 Å². The number of aryl methyl sites for hydroxylation is 1. The molecule has 3 aromatic carbocycles. The highest BCUT2D eigenvalue weighted by molar-refractivity contribution is 6.32. The summed E-state index contributed by atoms with van der Waals surface area (Å²) in [5.74, 6) is 0.0853. The van der Waals surface area contributed by atoms with Gasteiger partial charge in [0, 0.05) is 28.2 Å². The zero-order valence-electron chi connectivity index (χ0n) is 16.3. The van der Waals surface area contributed by atoms with Crippen LogP contribution in [0.5, 0.6) is 5.75 Å². The molecule has 1 aliphatic heterocycles. The van der Waals surface area contributed by atoms with Crippen LogP contribution in [0.2, 0.25) is 10.0 Å². The first-order valence-electron chi connectivity index (χ1n) is 9.62. The Labute approximate surface area is 185 Å². The molecule has 1 aliphatic rings. The lowest BCUT2D eigenvalue weighted by molar-refractivity contribution is -0.119. The van der Waals surface area contributed by atoms with E-state index in [9.17, 15) is 9.90 Å². The largest absolute Gasteiger partial charge is 0.508 e. The molecular formula is C24H20Cl2N2O2. The Morgan fingerprint density at radius 2 is 1.77 bits per heavy atom. The molecule has 4 rings (SSSR count). The van der Waals surface area contributed by atoms with E-state index in [1.54, 1.807) is 42.3 Å². The van der Waals surface area contributed by atoms with E-state index in [4.69, 9.17) is 28.2 Å². The van der Waals surface area contributed by atoms with E-state index < -0.39 is 6.04 Å². The number of anilines is 1. The van der Waals surface area contributed by atoms with Gasteiger partial charge < -0.3 is 10.0 Å². The Morgan fingerprint density at radius 1 is 1.03 bits per heavy atom. The van der Waals surface area contributed by atoms with Crippen molar-refractivity contribution in [3.63, 3.8) is 0 Å². The Balaban J connectivity index is 1.78. The van der Waals surface area contributed by atoms with Crippen LogP contribution in [0.25, 0.3) is 0 Å². The van der Waals surface area contributed by atoms with Crippen molar-refractivity contribution in [2.75, 3.05) is 11.9 Å². The molecule has 0 aromatic heterocycles. The molecule has 0 radical (unpaired) electrons. The molecule has 6 heteroatoms. The molecule has 4 nitrogen and oxygen atoms in total. The highest BCUT2D eigenvalue weighted by Gasteiger charge is 2.30. The molecule has 0 saturated carbocycles. The van der Waals surface area contributed by atoms with E-state index in [-0.39, 0.29) is 11.7 Å². The minimum Gasteiger partial charge on any atom is -0.508 e. The number of aromatic hydroxyl groups is 1. The van der Waals surface area contributed by atoms with E-state index in [0.29, 0.717) is 28.6 Å². The molecule has 0 saturated heterocycles.